The second-order valence-electron chi connectivity index (χ2n) is 2.87. The maximum atomic E-state index is 11.0. The van der Waals surface area contributed by atoms with E-state index in [0.29, 0.717) is 5.89 Å². The Morgan fingerprint density at radius 3 is 3.00 bits per heavy atom. The molecule has 0 saturated carbocycles. The summed E-state index contributed by atoms with van der Waals surface area (Å²) in [7, 11) is 1.32. The second-order valence-corrected chi connectivity index (χ2v) is 2.87. The lowest BCUT2D eigenvalue weighted by molar-refractivity contribution is 0.0594. The zero-order chi connectivity index (χ0) is 9.84. The molecule has 4 heteroatoms. The van der Waals surface area contributed by atoms with E-state index in [1.165, 1.54) is 13.4 Å². The summed E-state index contributed by atoms with van der Waals surface area (Å²) in [5, 5.41) is 0. The molecule has 0 aliphatic heterocycles. The van der Waals surface area contributed by atoms with Crippen LogP contribution in [0.15, 0.2) is 10.7 Å². The van der Waals surface area contributed by atoms with Gasteiger partial charge in [-0.15, -0.1) is 0 Å². The van der Waals surface area contributed by atoms with Crippen LogP contribution in [0.5, 0.6) is 0 Å². The number of aromatic nitrogens is 1. The van der Waals surface area contributed by atoms with Crippen LogP contribution in [-0.4, -0.2) is 18.1 Å². The van der Waals surface area contributed by atoms with Gasteiger partial charge in [0.25, 0.3) is 0 Å². The summed E-state index contributed by atoms with van der Waals surface area (Å²) >= 11 is 0. The molecule has 13 heavy (non-hydrogen) atoms. The van der Waals surface area contributed by atoms with Crippen molar-refractivity contribution < 1.29 is 13.9 Å². The van der Waals surface area contributed by atoms with Gasteiger partial charge in [0.15, 0.2) is 11.6 Å². The summed E-state index contributed by atoms with van der Waals surface area (Å²) in [5.41, 5.74) is 0.234. The van der Waals surface area contributed by atoms with E-state index >= 15 is 0 Å². The molecule has 1 aromatic rings. The van der Waals surface area contributed by atoms with Crippen molar-refractivity contribution in [2.24, 2.45) is 0 Å². The fraction of sp³-hybridized carbons (Fsp3) is 0.556. The van der Waals surface area contributed by atoms with Crippen molar-refractivity contribution >= 4 is 5.97 Å². The molecule has 1 unspecified atom stereocenters. The number of nitrogens with zero attached hydrogens (tertiary/aromatic N) is 1. The van der Waals surface area contributed by atoms with Crippen molar-refractivity contribution in [1.29, 1.82) is 0 Å². The molecule has 0 N–H and O–H groups in total. The van der Waals surface area contributed by atoms with Crippen LogP contribution in [-0.2, 0) is 4.74 Å². The summed E-state index contributed by atoms with van der Waals surface area (Å²) in [6.45, 7) is 4.03. The standard InChI is InChI=1S/C9H13NO3/c1-4-6(2)8-10-7(5-13-8)9(11)12-3/h5-6H,4H2,1-3H3. The van der Waals surface area contributed by atoms with Crippen molar-refractivity contribution in [3.63, 3.8) is 0 Å². The number of hydrogen-bond acceptors (Lipinski definition) is 4. The van der Waals surface area contributed by atoms with Gasteiger partial charge in [0, 0.05) is 5.92 Å². The molecule has 0 fully saturated rings. The Labute approximate surface area is 76.9 Å². The molecule has 0 aliphatic carbocycles. The van der Waals surface area contributed by atoms with Gasteiger partial charge in [0.2, 0.25) is 0 Å². The van der Waals surface area contributed by atoms with Crippen molar-refractivity contribution in [3.05, 3.63) is 17.8 Å². The Morgan fingerprint density at radius 1 is 1.77 bits per heavy atom. The first-order chi connectivity index (χ1) is 6.19. The van der Waals surface area contributed by atoms with E-state index in [0.717, 1.165) is 6.42 Å². The minimum Gasteiger partial charge on any atom is -0.464 e. The topological polar surface area (TPSA) is 52.3 Å². The van der Waals surface area contributed by atoms with Crippen LogP contribution in [0, 0.1) is 0 Å². The minimum absolute atomic E-state index is 0.234. The van der Waals surface area contributed by atoms with Gasteiger partial charge in [-0.2, -0.15) is 0 Å². The number of rotatable bonds is 3. The molecule has 4 nitrogen and oxygen atoms in total. The van der Waals surface area contributed by atoms with Gasteiger partial charge in [-0.25, -0.2) is 9.78 Å². The molecule has 1 aromatic heterocycles. The number of oxazole rings is 1. The van der Waals surface area contributed by atoms with Gasteiger partial charge in [-0.1, -0.05) is 13.8 Å². The molecule has 0 aliphatic rings. The average Bonchev–Trinajstić information content (AvgIpc) is 2.64. The molecule has 0 saturated heterocycles. The highest BCUT2D eigenvalue weighted by Gasteiger charge is 2.15. The Bertz CT molecular complexity index is 293. The zero-order valence-corrected chi connectivity index (χ0v) is 8.03. The molecule has 1 heterocycles. The van der Waals surface area contributed by atoms with E-state index in [1.807, 2.05) is 13.8 Å². The minimum atomic E-state index is -0.460. The summed E-state index contributed by atoms with van der Waals surface area (Å²) < 4.78 is 9.63. The smallest absolute Gasteiger partial charge is 0.360 e. The van der Waals surface area contributed by atoms with Crippen LogP contribution < -0.4 is 0 Å². The van der Waals surface area contributed by atoms with Gasteiger partial charge in [0.05, 0.1) is 7.11 Å². The van der Waals surface area contributed by atoms with Crippen molar-refractivity contribution in [1.82, 2.24) is 4.98 Å². The highest BCUT2D eigenvalue weighted by Crippen LogP contribution is 2.17. The van der Waals surface area contributed by atoms with Gasteiger partial charge in [-0.05, 0) is 6.42 Å². The van der Waals surface area contributed by atoms with Crippen molar-refractivity contribution in [2.75, 3.05) is 7.11 Å². The maximum absolute atomic E-state index is 11.0. The zero-order valence-electron chi connectivity index (χ0n) is 8.03. The average molecular weight is 183 g/mol. The molecule has 1 atom stereocenters. The van der Waals surface area contributed by atoms with Crippen LogP contribution in [0.3, 0.4) is 0 Å². The monoisotopic (exact) mass is 183 g/mol. The number of carbonyl (C=O) groups excluding carboxylic acids is 1. The third-order valence-electron chi connectivity index (χ3n) is 1.95. The quantitative estimate of drug-likeness (QED) is 0.672. The van der Waals surface area contributed by atoms with E-state index < -0.39 is 5.97 Å². The first kappa shape index (κ1) is 9.77. The predicted octanol–water partition coefficient (Wildman–Crippen LogP) is 1.97. The fourth-order valence-corrected chi connectivity index (χ4v) is 0.887. The van der Waals surface area contributed by atoms with E-state index in [2.05, 4.69) is 9.72 Å². The molecule has 0 spiro atoms. The largest absolute Gasteiger partial charge is 0.464 e. The van der Waals surface area contributed by atoms with Crippen molar-refractivity contribution in [2.45, 2.75) is 26.2 Å². The molecule has 0 bridgehead atoms. The normalized spacial score (nSPS) is 12.5. The molecule has 1 rings (SSSR count). The maximum Gasteiger partial charge on any atom is 0.360 e. The Balaban J connectivity index is 2.80. The molecule has 72 valence electrons. The first-order valence-electron chi connectivity index (χ1n) is 4.22. The van der Waals surface area contributed by atoms with Gasteiger partial charge < -0.3 is 9.15 Å². The lowest BCUT2D eigenvalue weighted by atomic mass is 10.1. The summed E-state index contributed by atoms with van der Waals surface area (Å²) in [4.78, 5) is 15.0. The van der Waals surface area contributed by atoms with Crippen LogP contribution in [0.25, 0.3) is 0 Å². The Morgan fingerprint density at radius 2 is 2.46 bits per heavy atom. The molecule has 0 radical (unpaired) electrons. The third-order valence-corrected chi connectivity index (χ3v) is 1.95. The number of esters is 1. The van der Waals surface area contributed by atoms with Crippen LogP contribution in [0.1, 0.15) is 42.6 Å². The van der Waals surface area contributed by atoms with E-state index in [-0.39, 0.29) is 11.6 Å². The lowest BCUT2D eigenvalue weighted by Crippen LogP contribution is -2.02. The molecular formula is C9H13NO3. The number of methoxy groups -OCH3 is 1. The fourth-order valence-electron chi connectivity index (χ4n) is 0.887. The molecule has 0 amide bonds. The van der Waals surface area contributed by atoms with Crippen LogP contribution >= 0.6 is 0 Å². The van der Waals surface area contributed by atoms with Crippen LogP contribution in [0.4, 0.5) is 0 Å². The number of ether oxygens (including phenoxy) is 1. The highest BCUT2D eigenvalue weighted by molar-refractivity contribution is 5.86. The summed E-state index contributed by atoms with van der Waals surface area (Å²) in [6.07, 6.45) is 2.26. The van der Waals surface area contributed by atoms with E-state index in [1.54, 1.807) is 0 Å². The first-order valence-corrected chi connectivity index (χ1v) is 4.22. The Kier molecular flexibility index (Phi) is 3.06. The highest BCUT2D eigenvalue weighted by atomic mass is 16.5. The van der Waals surface area contributed by atoms with E-state index in [9.17, 15) is 4.79 Å². The SMILES string of the molecule is CCC(C)c1nc(C(=O)OC)co1. The predicted molar refractivity (Wildman–Crippen MR) is 46.5 cm³/mol. The lowest BCUT2D eigenvalue weighted by Gasteiger charge is -1.99. The summed E-state index contributed by atoms with van der Waals surface area (Å²) in [5.74, 6) is 0.361. The van der Waals surface area contributed by atoms with Gasteiger partial charge >= 0.3 is 5.97 Å². The second kappa shape index (κ2) is 4.07. The van der Waals surface area contributed by atoms with Crippen LogP contribution in [0.2, 0.25) is 0 Å². The Hall–Kier alpha value is -1.32. The molecule has 0 aromatic carbocycles. The number of carbonyl (C=O) groups is 1. The van der Waals surface area contributed by atoms with E-state index in [4.69, 9.17) is 4.42 Å². The van der Waals surface area contributed by atoms with Gasteiger partial charge in [0.1, 0.15) is 6.26 Å². The van der Waals surface area contributed by atoms with Crippen molar-refractivity contribution in [3.8, 4) is 0 Å². The number of hydrogen-bond donors (Lipinski definition) is 0. The van der Waals surface area contributed by atoms with Gasteiger partial charge in [-0.3, -0.25) is 0 Å². The molecular weight excluding hydrogens is 170 g/mol. The summed E-state index contributed by atoms with van der Waals surface area (Å²) in [6, 6.07) is 0. The third kappa shape index (κ3) is 2.08.